The van der Waals surface area contributed by atoms with Crippen molar-refractivity contribution in [1.29, 1.82) is 0 Å². The van der Waals surface area contributed by atoms with E-state index in [-0.39, 0.29) is 35.5 Å². The van der Waals surface area contributed by atoms with Crippen LogP contribution in [0.4, 0.5) is 5.82 Å². The molecule has 3 aromatic heterocycles. The minimum absolute atomic E-state index is 0.0343. The van der Waals surface area contributed by atoms with Gasteiger partial charge in [0.1, 0.15) is 0 Å². The zero-order valence-electron chi connectivity index (χ0n) is 46.6. The van der Waals surface area contributed by atoms with Gasteiger partial charge in [0.25, 0.3) is 0 Å². The van der Waals surface area contributed by atoms with Gasteiger partial charge in [-0.2, -0.15) is 0 Å². The van der Waals surface area contributed by atoms with Gasteiger partial charge in [-0.05, 0) is 12.1 Å². The zero-order chi connectivity index (χ0) is 57.1. The summed E-state index contributed by atoms with van der Waals surface area (Å²) in [5.74, 6) is -1.90. The first-order chi connectivity index (χ1) is 38.2. The van der Waals surface area contributed by atoms with Crippen molar-refractivity contribution in [2.45, 2.75) is 101 Å². The number of rotatable bonds is 21. The molecule has 7 aromatic rings. The number of fused-ring (bicyclic) bond motifs is 1. The first kappa shape index (κ1) is 58.7. The van der Waals surface area contributed by atoms with Crippen LogP contribution >= 0.6 is 5.96 Å². The molecule has 0 radical (unpaired) electrons. The predicted molar refractivity (Wildman–Crippen MR) is 305 cm³/mol. The number of methoxy groups -OCH3 is 4. The fourth-order valence-electron chi connectivity index (χ4n) is 9.84. The Hall–Kier alpha value is -5.97. The second-order valence-corrected chi connectivity index (χ2v) is 32.1. The van der Waals surface area contributed by atoms with Crippen LogP contribution in [0.2, 0.25) is 18.1 Å². The molecule has 5 heterocycles. The summed E-state index contributed by atoms with van der Waals surface area (Å²) in [7, 11) is 3.80. The van der Waals surface area contributed by atoms with Crippen LogP contribution < -0.4 is 26.0 Å². The number of anilines is 1. The average Bonchev–Trinajstić information content (AvgIpc) is 4.26. The van der Waals surface area contributed by atoms with E-state index in [1.165, 1.54) is 24.2 Å². The summed E-state index contributed by atoms with van der Waals surface area (Å²) in [5, 5.41) is 2.68. The maximum absolute atomic E-state index is 13.7. The molecular weight excluding hydrogens is 1130 g/mol. The number of imidazole rings is 1. The van der Waals surface area contributed by atoms with Crippen LogP contribution in [0.3, 0.4) is 0 Å². The quantitative estimate of drug-likeness (QED) is 0.0394. The number of H-pyrrole nitrogens is 1. The number of amides is 1. The molecule has 2 fully saturated rings. The summed E-state index contributed by atoms with van der Waals surface area (Å²) in [4.78, 5) is 55.7. The van der Waals surface area contributed by atoms with Crippen molar-refractivity contribution in [2.24, 2.45) is 0 Å². The number of hydrogen-bond acceptors (Lipinski definition) is 16. The Balaban J connectivity index is 1.05. The number of nitrogens with one attached hydrogen (secondary N) is 2. The Bertz CT molecular complexity index is 3390. The van der Waals surface area contributed by atoms with Crippen LogP contribution in [0.1, 0.15) is 65.8 Å². The zero-order valence-corrected chi connectivity index (χ0v) is 50.2. The Kier molecular flexibility index (Phi) is 17.8. The molecule has 4 aromatic carbocycles. The minimum atomic E-state index is -3.10. The van der Waals surface area contributed by atoms with Crippen molar-refractivity contribution >= 4 is 52.3 Å². The van der Waals surface area contributed by atoms with Crippen molar-refractivity contribution in [3.05, 3.63) is 177 Å². The van der Waals surface area contributed by atoms with Gasteiger partial charge in [-0.25, -0.2) is 0 Å². The molecule has 9 rings (SSSR count). The van der Waals surface area contributed by atoms with Crippen LogP contribution in [-0.4, -0.2) is 143 Å². The third-order valence-corrected chi connectivity index (χ3v) is 22.0. The number of aromatic amines is 1. The molecule has 20 nitrogen and oxygen atoms in total. The Morgan fingerprint density at radius 3 is 1.86 bits per heavy atom. The summed E-state index contributed by atoms with van der Waals surface area (Å²) in [6.45, 7) is 14.1. The van der Waals surface area contributed by atoms with E-state index < -0.39 is 80.2 Å². The number of aryl methyl sites for hydroxylation is 1. The fourth-order valence-corrected chi connectivity index (χ4v) is 13.3. The van der Waals surface area contributed by atoms with Gasteiger partial charge in [-0.1, -0.05) is 18.2 Å². The fraction of sp³-hybridized carbons (Fsp3) is 0.404. The Morgan fingerprint density at radius 2 is 1.29 bits per heavy atom. The van der Waals surface area contributed by atoms with Crippen LogP contribution in [0.15, 0.2) is 138 Å². The van der Waals surface area contributed by atoms with E-state index in [0.717, 1.165) is 16.7 Å². The van der Waals surface area contributed by atoms with Gasteiger partial charge < -0.3 is 0 Å². The molecule has 2 saturated heterocycles. The first-order valence-electron chi connectivity index (χ1n) is 26.0. The number of aromatic nitrogens is 6. The first-order valence-corrected chi connectivity index (χ1v) is 33.2. The van der Waals surface area contributed by atoms with Gasteiger partial charge in [0.15, 0.2) is 0 Å². The number of nitrogens with zero attached hydrogens (tertiary/aromatic N) is 5. The molecule has 2 aliphatic heterocycles. The third kappa shape index (κ3) is 12.0. The monoisotopic (exact) mass is 1200 g/mol. The van der Waals surface area contributed by atoms with Gasteiger partial charge >= 0.3 is 420 Å². The molecule has 1 amide bonds. The van der Waals surface area contributed by atoms with Crippen molar-refractivity contribution < 1.29 is 51.4 Å². The summed E-state index contributed by atoms with van der Waals surface area (Å²) >= 11 is 3.22. The molecule has 424 valence electrons. The molecule has 80 heavy (non-hydrogen) atoms. The normalized spacial score (nSPS) is 22.3. The van der Waals surface area contributed by atoms with Crippen molar-refractivity contribution in [2.75, 3.05) is 53.6 Å². The molecule has 0 bridgehead atoms. The number of hydrogen-bond donors (Lipinski definition) is 2. The van der Waals surface area contributed by atoms with Crippen molar-refractivity contribution in [3.63, 3.8) is 0 Å². The van der Waals surface area contributed by atoms with E-state index >= 15 is 0 Å². The van der Waals surface area contributed by atoms with Crippen LogP contribution in [0.5, 0.6) is 11.5 Å². The SMILES string of the molecule is COc1ccc(C(OC[C@H]2O[C@@H](n3cc(C)c(=O)[nH]c3=O)[C@H](OC)[C@@H]2OP(C)(=[Se])OC[C@H]2O[C@@H](n3cnc4c(NC(=O)c5ccccc5)ncnc43)[C@H](OC)[C@@H]2O[Si](C)(C)C(C)(C)C)(c2ccccc2)c2ccc(OC)cc2)cc1. The van der Waals surface area contributed by atoms with Crippen LogP contribution in [0, 0.1) is 6.92 Å². The van der Waals surface area contributed by atoms with Crippen molar-refractivity contribution in [1.82, 2.24) is 29.1 Å². The summed E-state index contributed by atoms with van der Waals surface area (Å²) in [5.41, 5.74) is 1.39. The summed E-state index contributed by atoms with van der Waals surface area (Å²) in [6.07, 6.45) is -2.45. The molecule has 1 unspecified atom stereocenters. The predicted octanol–water partition coefficient (Wildman–Crippen LogP) is 8.14. The molecule has 9 atom stereocenters. The van der Waals surface area contributed by atoms with E-state index in [2.05, 4.69) is 74.2 Å². The number of ether oxygens (including phenoxy) is 7. The Morgan fingerprint density at radius 1 is 0.738 bits per heavy atom. The van der Waals surface area contributed by atoms with E-state index in [4.69, 9.17) is 46.6 Å². The Labute approximate surface area is 472 Å². The molecule has 2 aliphatic rings. The van der Waals surface area contributed by atoms with Crippen LogP contribution in [0.25, 0.3) is 11.2 Å². The van der Waals surface area contributed by atoms with E-state index in [1.807, 2.05) is 91.6 Å². The van der Waals surface area contributed by atoms with Gasteiger partial charge in [-0.3, -0.25) is 4.79 Å². The second-order valence-electron chi connectivity index (χ2n) is 21.2. The molecule has 0 aliphatic carbocycles. The maximum atomic E-state index is 13.7. The summed E-state index contributed by atoms with van der Waals surface area (Å²) < 4.78 is 69.3. The molecule has 0 saturated carbocycles. The van der Waals surface area contributed by atoms with E-state index in [1.54, 1.807) is 63.4 Å². The topological polar surface area (TPSA) is 220 Å². The number of benzene rings is 4. The summed E-state index contributed by atoms with van der Waals surface area (Å²) in [6, 6.07) is 34.0. The van der Waals surface area contributed by atoms with Gasteiger partial charge in [0.2, 0.25) is 0 Å². The van der Waals surface area contributed by atoms with Gasteiger partial charge in [0, 0.05) is 5.56 Å². The third-order valence-electron chi connectivity index (χ3n) is 15.1. The van der Waals surface area contributed by atoms with Gasteiger partial charge in [0.05, 0.1) is 14.2 Å². The molecular formula is C57H68N7O13PSeSi. The standard InChI is InChI=1S/C57H68N7O13PSeSi/c1-35-30-63(55(67)62-51(35)65)53-47(70-7)45(42(74-53)31-72-57(37-20-16-13-17-21-37,38-22-26-40(68-5)27-23-38)39-24-28-41(69-6)29-25-39)76-78(9,79)73-32-43-46(77-80(10,11)56(2,3)4)48(71-8)54(75-43)64-34-60-44-49(58-33-59-50(44)64)61-52(66)36-18-14-12-15-19-36/h12-30,33-34,42-43,45-48,53-54H,31-32H2,1-11H3,(H,62,65,67)(H,58,59,61,66)/t42-,43-,45-,46-,47-,48-,53-,54-,78?/m1/s1. The molecule has 2 N–H and O–H groups in total. The van der Waals surface area contributed by atoms with Crippen LogP contribution in [-0.2, 0) is 42.8 Å². The number of carbonyl (C=O) groups is 1. The van der Waals surface area contributed by atoms with Crippen molar-refractivity contribution in [3.8, 4) is 11.5 Å². The number of carbonyl (C=O) groups excluding carboxylic acids is 1. The average molecular weight is 1200 g/mol. The second kappa shape index (κ2) is 24.2. The molecule has 0 spiro atoms. The molecule has 23 heteroatoms. The van der Waals surface area contributed by atoms with E-state index in [0.29, 0.717) is 28.2 Å². The van der Waals surface area contributed by atoms with E-state index in [9.17, 15) is 14.4 Å². The van der Waals surface area contributed by atoms with Gasteiger partial charge in [-0.15, -0.1) is 0 Å².